The molecule has 0 fully saturated rings. The van der Waals surface area contributed by atoms with Gasteiger partial charge in [-0.1, -0.05) is 43.3 Å². The first-order chi connectivity index (χ1) is 10.2. The van der Waals surface area contributed by atoms with Gasteiger partial charge in [-0.25, -0.2) is 0 Å². The van der Waals surface area contributed by atoms with Crippen molar-refractivity contribution < 1.29 is 0 Å². The normalized spacial score (nSPS) is 17.9. The van der Waals surface area contributed by atoms with Gasteiger partial charge in [-0.05, 0) is 47.7 Å². The van der Waals surface area contributed by atoms with Crippen molar-refractivity contribution >= 4 is 5.69 Å². The van der Waals surface area contributed by atoms with Crippen molar-refractivity contribution in [3.05, 3.63) is 65.2 Å². The van der Waals surface area contributed by atoms with Crippen molar-refractivity contribution in [3.63, 3.8) is 0 Å². The number of hydrogen-bond donors (Lipinski definition) is 1. The van der Waals surface area contributed by atoms with Gasteiger partial charge in [0.1, 0.15) is 0 Å². The fourth-order valence-electron chi connectivity index (χ4n) is 3.11. The van der Waals surface area contributed by atoms with E-state index in [2.05, 4.69) is 72.7 Å². The molecule has 2 nitrogen and oxygen atoms in total. The van der Waals surface area contributed by atoms with Gasteiger partial charge in [-0.15, -0.1) is 0 Å². The van der Waals surface area contributed by atoms with Crippen LogP contribution in [0.2, 0.25) is 0 Å². The average Bonchev–Trinajstić information content (AvgIpc) is 2.70. The molecule has 1 aliphatic rings. The van der Waals surface area contributed by atoms with Crippen LogP contribution in [0, 0.1) is 0 Å². The third-order valence-corrected chi connectivity index (χ3v) is 4.39. The summed E-state index contributed by atoms with van der Waals surface area (Å²) in [4.78, 5) is 2.33. The summed E-state index contributed by atoms with van der Waals surface area (Å²) in [5.41, 5.74) is 5.68. The van der Waals surface area contributed by atoms with Crippen LogP contribution < -0.4 is 10.2 Å². The van der Waals surface area contributed by atoms with Gasteiger partial charge in [0.15, 0.2) is 0 Å². The van der Waals surface area contributed by atoms with Gasteiger partial charge >= 0.3 is 0 Å². The number of rotatable bonds is 3. The third-order valence-electron chi connectivity index (χ3n) is 4.39. The summed E-state index contributed by atoms with van der Waals surface area (Å²) in [6.07, 6.45) is 1.14. The van der Waals surface area contributed by atoms with Crippen LogP contribution >= 0.6 is 0 Å². The Hall–Kier alpha value is -1.80. The molecule has 1 atom stereocenters. The molecule has 2 heteroatoms. The number of fused-ring (bicyclic) bond motifs is 1. The largest absolute Gasteiger partial charge is 0.370 e. The summed E-state index contributed by atoms with van der Waals surface area (Å²) in [7, 11) is 2.17. The molecule has 2 aromatic rings. The van der Waals surface area contributed by atoms with E-state index >= 15 is 0 Å². The first kappa shape index (κ1) is 14.2. The number of anilines is 1. The third kappa shape index (κ3) is 3.27. The Balaban J connectivity index is 1.82. The fraction of sp³-hybridized carbons (Fsp3) is 0.368. The maximum absolute atomic E-state index is 3.52. The molecule has 0 aliphatic carbocycles. The molecule has 110 valence electrons. The second kappa shape index (κ2) is 6.31. The minimum absolute atomic E-state index is 0.590. The van der Waals surface area contributed by atoms with Crippen LogP contribution in [0.5, 0.6) is 0 Å². The van der Waals surface area contributed by atoms with E-state index in [4.69, 9.17) is 0 Å². The Morgan fingerprint density at radius 3 is 2.76 bits per heavy atom. The summed E-state index contributed by atoms with van der Waals surface area (Å²) >= 11 is 0. The summed E-state index contributed by atoms with van der Waals surface area (Å²) in [5, 5.41) is 3.52. The highest BCUT2D eigenvalue weighted by Crippen LogP contribution is 2.27. The van der Waals surface area contributed by atoms with Gasteiger partial charge < -0.3 is 10.2 Å². The molecule has 1 N–H and O–H groups in total. The van der Waals surface area contributed by atoms with Crippen LogP contribution in [0.25, 0.3) is 0 Å². The molecular weight excluding hydrogens is 256 g/mol. The van der Waals surface area contributed by atoms with Gasteiger partial charge in [0, 0.05) is 25.8 Å². The van der Waals surface area contributed by atoms with Crippen LogP contribution in [0.1, 0.15) is 29.5 Å². The Morgan fingerprint density at radius 1 is 1.14 bits per heavy atom. The first-order valence-electron chi connectivity index (χ1n) is 7.82. The highest BCUT2D eigenvalue weighted by atomic mass is 15.1. The highest BCUT2D eigenvalue weighted by Gasteiger charge is 2.15. The summed E-state index contributed by atoms with van der Waals surface area (Å²) < 4.78 is 0. The molecule has 0 amide bonds. The molecular formula is C19H24N2. The quantitative estimate of drug-likeness (QED) is 0.924. The molecule has 0 aromatic heterocycles. The molecule has 2 aromatic carbocycles. The number of benzene rings is 2. The number of hydrogen-bond acceptors (Lipinski definition) is 2. The second-order valence-electron chi connectivity index (χ2n) is 6.08. The van der Waals surface area contributed by atoms with Gasteiger partial charge in [0.05, 0.1) is 0 Å². The SMILES string of the molecule is CC1CNCCc2ccc(N(C)Cc3ccccc3)cc21. The smallest absolute Gasteiger partial charge is 0.0426 e. The molecule has 1 unspecified atom stereocenters. The van der Waals surface area contributed by atoms with Crippen LogP contribution in [-0.4, -0.2) is 20.1 Å². The average molecular weight is 280 g/mol. The number of nitrogens with one attached hydrogen (secondary N) is 1. The maximum atomic E-state index is 3.52. The van der Waals surface area contributed by atoms with E-state index < -0.39 is 0 Å². The van der Waals surface area contributed by atoms with E-state index in [-0.39, 0.29) is 0 Å². The van der Waals surface area contributed by atoms with Crippen molar-refractivity contribution in [2.24, 2.45) is 0 Å². The number of nitrogens with zero attached hydrogens (tertiary/aromatic N) is 1. The monoisotopic (exact) mass is 280 g/mol. The van der Waals surface area contributed by atoms with Crippen LogP contribution in [0.15, 0.2) is 48.5 Å². The zero-order valence-corrected chi connectivity index (χ0v) is 13.0. The van der Waals surface area contributed by atoms with E-state index in [9.17, 15) is 0 Å². The molecule has 0 saturated carbocycles. The van der Waals surface area contributed by atoms with E-state index in [1.165, 1.54) is 22.4 Å². The van der Waals surface area contributed by atoms with Gasteiger partial charge in [0.2, 0.25) is 0 Å². The topological polar surface area (TPSA) is 15.3 Å². The molecule has 0 radical (unpaired) electrons. The summed E-state index contributed by atoms with van der Waals surface area (Å²) in [6, 6.07) is 17.6. The fourth-order valence-corrected chi connectivity index (χ4v) is 3.11. The predicted molar refractivity (Wildman–Crippen MR) is 90.0 cm³/mol. The zero-order chi connectivity index (χ0) is 14.7. The maximum Gasteiger partial charge on any atom is 0.0426 e. The second-order valence-corrected chi connectivity index (χ2v) is 6.08. The van der Waals surface area contributed by atoms with Crippen LogP contribution in [0.3, 0.4) is 0 Å². The lowest BCUT2D eigenvalue weighted by atomic mass is 9.94. The van der Waals surface area contributed by atoms with Crippen LogP contribution in [0.4, 0.5) is 5.69 Å². The molecule has 0 saturated heterocycles. The molecule has 1 heterocycles. The van der Waals surface area contributed by atoms with E-state index in [0.29, 0.717) is 5.92 Å². The summed E-state index contributed by atoms with van der Waals surface area (Å²) in [6.45, 7) is 5.44. The van der Waals surface area contributed by atoms with Crippen molar-refractivity contribution in [2.75, 3.05) is 25.0 Å². The Kier molecular flexibility index (Phi) is 4.26. The van der Waals surface area contributed by atoms with E-state index in [1.54, 1.807) is 0 Å². The van der Waals surface area contributed by atoms with Crippen molar-refractivity contribution in [2.45, 2.75) is 25.8 Å². The zero-order valence-electron chi connectivity index (χ0n) is 13.0. The molecule has 0 bridgehead atoms. The minimum atomic E-state index is 0.590. The predicted octanol–water partition coefficient (Wildman–Crippen LogP) is 3.57. The van der Waals surface area contributed by atoms with Crippen molar-refractivity contribution in [3.8, 4) is 0 Å². The van der Waals surface area contributed by atoms with Gasteiger partial charge in [-0.2, -0.15) is 0 Å². The molecule has 1 aliphatic heterocycles. The lowest BCUT2D eigenvalue weighted by molar-refractivity contribution is 0.644. The Bertz CT molecular complexity index is 592. The van der Waals surface area contributed by atoms with Crippen molar-refractivity contribution in [1.29, 1.82) is 0 Å². The molecule has 0 spiro atoms. The standard InChI is InChI=1S/C19H24N2/c1-15-13-20-11-10-17-8-9-18(12-19(15)17)21(2)14-16-6-4-3-5-7-16/h3-9,12,15,20H,10-11,13-14H2,1-2H3. The molecule has 21 heavy (non-hydrogen) atoms. The minimum Gasteiger partial charge on any atom is -0.370 e. The van der Waals surface area contributed by atoms with Crippen molar-refractivity contribution in [1.82, 2.24) is 5.32 Å². The Morgan fingerprint density at radius 2 is 1.95 bits per heavy atom. The summed E-state index contributed by atoms with van der Waals surface area (Å²) in [5.74, 6) is 0.590. The lowest BCUT2D eigenvalue weighted by Crippen LogP contribution is -2.19. The van der Waals surface area contributed by atoms with Gasteiger partial charge in [-0.3, -0.25) is 0 Å². The highest BCUT2D eigenvalue weighted by molar-refractivity contribution is 5.52. The molecule has 3 rings (SSSR count). The lowest BCUT2D eigenvalue weighted by Gasteiger charge is -2.22. The van der Waals surface area contributed by atoms with E-state index in [1.807, 2.05) is 0 Å². The van der Waals surface area contributed by atoms with Gasteiger partial charge in [0.25, 0.3) is 0 Å². The first-order valence-corrected chi connectivity index (χ1v) is 7.82. The Labute approximate surface area is 127 Å². The van der Waals surface area contributed by atoms with E-state index in [0.717, 1.165) is 26.1 Å². The van der Waals surface area contributed by atoms with Crippen LogP contribution in [-0.2, 0) is 13.0 Å².